The molecule has 0 radical (unpaired) electrons. The molecule has 3 N–H and O–H groups in total. The lowest BCUT2D eigenvalue weighted by molar-refractivity contribution is 0.414. The van der Waals surface area contributed by atoms with Gasteiger partial charge < -0.3 is 15.8 Å². The molecule has 0 aliphatic rings. The first-order valence-electron chi connectivity index (χ1n) is 6.69. The summed E-state index contributed by atoms with van der Waals surface area (Å²) >= 11 is 1.79. The molecule has 0 aliphatic carbocycles. The van der Waals surface area contributed by atoms with Crippen molar-refractivity contribution in [3.8, 4) is 5.75 Å². The zero-order chi connectivity index (χ0) is 15.0. The minimum absolute atomic E-state index is 0. The molecule has 0 aliphatic heterocycles. The standard InChI is InChI=1S/C15H25N3OS.HI/c1-15(2,20-4)11-18-14(16)17-10-9-12-5-7-13(19-3)8-6-12;/h5-8H,9-11H2,1-4H3,(H3,16,17,18);1H. The molecule has 21 heavy (non-hydrogen) atoms. The lowest BCUT2D eigenvalue weighted by Gasteiger charge is -2.19. The highest BCUT2D eigenvalue weighted by atomic mass is 127. The van der Waals surface area contributed by atoms with Gasteiger partial charge in [0.2, 0.25) is 0 Å². The number of ether oxygens (including phenoxy) is 1. The van der Waals surface area contributed by atoms with Crippen molar-refractivity contribution in [1.29, 1.82) is 0 Å². The van der Waals surface area contributed by atoms with Gasteiger partial charge in [-0.05, 0) is 44.2 Å². The quantitative estimate of drug-likeness (QED) is 0.402. The summed E-state index contributed by atoms with van der Waals surface area (Å²) in [4.78, 5) is 4.37. The molecule has 120 valence electrons. The van der Waals surface area contributed by atoms with Gasteiger partial charge in [-0.2, -0.15) is 11.8 Å². The monoisotopic (exact) mass is 423 g/mol. The Kier molecular flexibility index (Phi) is 9.85. The second kappa shape index (κ2) is 10.2. The van der Waals surface area contributed by atoms with Crippen LogP contribution < -0.4 is 15.8 Å². The van der Waals surface area contributed by atoms with Crippen molar-refractivity contribution in [2.45, 2.75) is 25.0 Å². The molecule has 0 bridgehead atoms. The predicted octanol–water partition coefficient (Wildman–Crippen LogP) is 2.90. The van der Waals surface area contributed by atoms with Crippen LogP contribution in [-0.4, -0.2) is 37.2 Å². The highest BCUT2D eigenvalue weighted by molar-refractivity contribution is 14.0. The van der Waals surface area contributed by atoms with Gasteiger partial charge in [0.15, 0.2) is 5.96 Å². The van der Waals surface area contributed by atoms with Crippen molar-refractivity contribution >= 4 is 41.7 Å². The van der Waals surface area contributed by atoms with Gasteiger partial charge in [0.25, 0.3) is 0 Å². The number of hydrogen-bond acceptors (Lipinski definition) is 3. The van der Waals surface area contributed by atoms with Crippen molar-refractivity contribution in [2.75, 3.05) is 26.5 Å². The molecule has 0 amide bonds. The van der Waals surface area contributed by atoms with Crippen molar-refractivity contribution < 1.29 is 4.74 Å². The maximum atomic E-state index is 5.86. The Morgan fingerprint density at radius 2 is 1.95 bits per heavy atom. The molecule has 0 heterocycles. The van der Waals surface area contributed by atoms with Crippen LogP contribution in [0.15, 0.2) is 29.3 Å². The van der Waals surface area contributed by atoms with E-state index in [0.717, 1.165) is 25.3 Å². The van der Waals surface area contributed by atoms with Crippen LogP contribution in [-0.2, 0) is 6.42 Å². The number of rotatable bonds is 7. The summed E-state index contributed by atoms with van der Waals surface area (Å²) in [6.07, 6.45) is 2.99. The number of guanidine groups is 1. The summed E-state index contributed by atoms with van der Waals surface area (Å²) in [5.74, 6) is 1.39. The van der Waals surface area contributed by atoms with E-state index >= 15 is 0 Å². The highest BCUT2D eigenvalue weighted by Gasteiger charge is 2.14. The summed E-state index contributed by atoms with van der Waals surface area (Å²) in [5.41, 5.74) is 7.10. The van der Waals surface area contributed by atoms with Gasteiger partial charge in [-0.15, -0.1) is 24.0 Å². The molecule has 1 aromatic rings. The summed E-state index contributed by atoms with van der Waals surface area (Å²) in [5, 5.41) is 3.14. The van der Waals surface area contributed by atoms with Gasteiger partial charge in [0, 0.05) is 11.3 Å². The predicted molar refractivity (Wildman–Crippen MR) is 104 cm³/mol. The number of thioether (sulfide) groups is 1. The minimum atomic E-state index is 0. The zero-order valence-corrected chi connectivity index (χ0v) is 16.3. The number of methoxy groups -OCH3 is 1. The zero-order valence-electron chi connectivity index (χ0n) is 13.2. The van der Waals surface area contributed by atoms with Crippen LogP contribution in [0.2, 0.25) is 0 Å². The normalized spacial score (nSPS) is 11.7. The van der Waals surface area contributed by atoms with E-state index in [1.807, 2.05) is 12.1 Å². The molecule has 0 unspecified atom stereocenters. The van der Waals surface area contributed by atoms with Crippen LogP contribution >= 0.6 is 35.7 Å². The lowest BCUT2D eigenvalue weighted by atomic mass is 10.1. The molecule has 1 aromatic carbocycles. The summed E-state index contributed by atoms with van der Waals surface area (Å²) in [6.45, 7) is 5.81. The molecule has 0 atom stereocenters. The third-order valence-electron chi connectivity index (χ3n) is 3.06. The average molecular weight is 423 g/mol. The van der Waals surface area contributed by atoms with Crippen LogP contribution in [0.4, 0.5) is 0 Å². The van der Waals surface area contributed by atoms with Crippen molar-refractivity contribution in [3.63, 3.8) is 0 Å². The number of nitrogens with two attached hydrogens (primary N) is 1. The van der Waals surface area contributed by atoms with E-state index in [1.165, 1.54) is 5.56 Å². The minimum Gasteiger partial charge on any atom is -0.497 e. The summed E-state index contributed by atoms with van der Waals surface area (Å²) in [7, 11) is 1.67. The van der Waals surface area contributed by atoms with Gasteiger partial charge in [-0.25, -0.2) is 0 Å². The number of nitrogens with zero attached hydrogens (tertiary/aromatic N) is 1. The van der Waals surface area contributed by atoms with E-state index in [2.05, 4.69) is 42.5 Å². The molecule has 0 spiro atoms. The maximum absolute atomic E-state index is 5.86. The van der Waals surface area contributed by atoms with Crippen LogP contribution in [0.5, 0.6) is 5.75 Å². The fourth-order valence-electron chi connectivity index (χ4n) is 1.52. The Hall–Kier alpha value is -0.630. The molecular weight excluding hydrogens is 397 g/mol. The SMILES string of the molecule is COc1ccc(CCNC(N)=NCC(C)(C)SC)cc1.I. The smallest absolute Gasteiger partial charge is 0.188 e. The van der Waals surface area contributed by atoms with E-state index in [-0.39, 0.29) is 28.7 Å². The van der Waals surface area contributed by atoms with E-state index in [0.29, 0.717) is 5.96 Å². The van der Waals surface area contributed by atoms with Gasteiger partial charge in [0.05, 0.1) is 13.7 Å². The fourth-order valence-corrected chi connectivity index (χ4v) is 1.72. The molecule has 0 saturated carbocycles. The molecule has 6 heteroatoms. The molecule has 4 nitrogen and oxygen atoms in total. The van der Waals surface area contributed by atoms with Gasteiger partial charge in [-0.3, -0.25) is 4.99 Å². The van der Waals surface area contributed by atoms with Crippen LogP contribution in [0.25, 0.3) is 0 Å². The molecule has 0 aromatic heterocycles. The second-order valence-corrected chi connectivity index (χ2v) is 6.70. The fraction of sp³-hybridized carbons (Fsp3) is 0.533. The number of halogens is 1. The third kappa shape index (κ3) is 8.40. The first-order valence-corrected chi connectivity index (χ1v) is 7.91. The summed E-state index contributed by atoms with van der Waals surface area (Å²) in [6, 6.07) is 8.05. The molecule has 0 fully saturated rings. The first kappa shape index (κ1) is 20.4. The van der Waals surface area contributed by atoms with Gasteiger partial charge in [0.1, 0.15) is 5.75 Å². The number of benzene rings is 1. The Morgan fingerprint density at radius 1 is 1.33 bits per heavy atom. The number of nitrogens with one attached hydrogen (secondary N) is 1. The Bertz CT molecular complexity index is 435. The Labute approximate surface area is 149 Å². The maximum Gasteiger partial charge on any atom is 0.188 e. The van der Waals surface area contributed by atoms with E-state index in [4.69, 9.17) is 10.5 Å². The molecule has 0 saturated heterocycles. The van der Waals surface area contributed by atoms with Crippen LogP contribution in [0.3, 0.4) is 0 Å². The van der Waals surface area contributed by atoms with Crippen molar-refractivity contribution in [2.24, 2.45) is 10.7 Å². The summed E-state index contributed by atoms with van der Waals surface area (Å²) < 4.78 is 5.26. The van der Waals surface area contributed by atoms with Crippen molar-refractivity contribution in [3.05, 3.63) is 29.8 Å². The molecule has 1 rings (SSSR count). The highest BCUT2D eigenvalue weighted by Crippen LogP contribution is 2.20. The van der Waals surface area contributed by atoms with Crippen LogP contribution in [0.1, 0.15) is 19.4 Å². The topological polar surface area (TPSA) is 59.6 Å². The number of hydrogen-bond donors (Lipinski definition) is 2. The van der Waals surface area contributed by atoms with Gasteiger partial charge >= 0.3 is 0 Å². The van der Waals surface area contributed by atoms with Gasteiger partial charge in [-0.1, -0.05) is 12.1 Å². The molecular formula is C15H26IN3OS. The number of aliphatic imine (C=N–C) groups is 1. The first-order chi connectivity index (χ1) is 9.46. The Balaban J connectivity index is 0.00000400. The average Bonchev–Trinajstić information content (AvgIpc) is 2.46. The van der Waals surface area contributed by atoms with Crippen LogP contribution in [0, 0.1) is 0 Å². The largest absolute Gasteiger partial charge is 0.497 e. The lowest BCUT2D eigenvalue weighted by Crippen LogP contribution is -2.34. The van der Waals surface area contributed by atoms with E-state index < -0.39 is 0 Å². The van der Waals surface area contributed by atoms with E-state index in [1.54, 1.807) is 18.9 Å². The third-order valence-corrected chi connectivity index (χ3v) is 4.30. The Morgan fingerprint density at radius 3 is 2.48 bits per heavy atom. The van der Waals surface area contributed by atoms with Crippen molar-refractivity contribution in [1.82, 2.24) is 5.32 Å². The van der Waals surface area contributed by atoms with E-state index in [9.17, 15) is 0 Å². The second-order valence-electron chi connectivity index (χ2n) is 5.19.